The van der Waals surface area contributed by atoms with E-state index in [0.29, 0.717) is 13.1 Å². The van der Waals surface area contributed by atoms with Crippen LogP contribution >= 0.6 is 0 Å². The average Bonchev–Trinajstić information content (AvgIpc) is 2.87. The van der Waals surface area contributed by atoms with Crippen LogP contribution in [0.4, 0.5) is 0 Å². The average molecular weight is 546 g/mol. The molecule has 0 saturated carbocycles. The molecule has 0 aromatic heterocycles. The number of carboxylic acids is 1. The minimum Gasteiger partial charge on any atom is -0.507 e. The van der Waals surface area contributed by atoms with Gasteiger partial charge in [0.2, 0.25) is 0 Å². The number of nitrogens with zero attached hydrogens (tertiary/aromatic N) is 1. The Balaban J connectivity index is 1.96. The molecule has 0 amide bonds. The number of aliphatic carboxylic acids is 1. The molecule has 1 aromatic rings. The predicted molar refractivity (Wildman–Crippen MR) is 163 cm³/mol. The van der Waals surface area contributed by atoms with Crippen LogP contribution in [0.2, 0.25) is 0 Å². The molecule has 224 valence electrons. The highest BCUT2D eigenvalue weighted by Gasteiger charge is 2.35. The van der Waals surface area contributed by atoms with Gasteiger partial charge in [-0.05, 0) is 88.8 Å². The third-order valence-corrected chi connectivity index (χ3v) is 9.38. The van der Waals surface area contributed by atoms with Crippen molar-refractivity contribution in [2.45, 2.75) is 151 Å². The van der Waals surface area contributed by atoms with Gasteiger partial charge in [-0.2, -0.15) is 0 Å². The van der Waals surface area contributed by atoms with Crippen LogP contribution in [-0.4, -0.2) is 39.3 Å². The van der Waals surface area contributed by atoms with Crippen LogP contribution in [0.15, 0.2) is 0 Å². The van der Waals surface area contributed by atoms with E-state index in [2.05, 4.69) is 34.6 Å². The number of hydrogen-bond acceptors (Lipinski definition) is 4. The van der Waals surface area contributed by atoms with Crippen LogP contribution in [0, 0.1) is 31.6 Å². The zero-order chi connectivity index (χ0) is 29.3. The molecule has 1 aliphatic rings. The minimum atomic E-state index is -0.844. The number of benzene rings is 1. The fourth-order valence-corrected chi connectivity index (χ4v) is 6.20. The first kappa shape index (κ1) is 33.5. The molecule has 1 aromatic carbocycles. The standard InChI is InChI=1S/C34H59NO4/c1-10-35(28(8)33(37)38)22-30-29-19-21-34(9,39-32(29)27(7)26(6)31(30)36)20-13-18-25(5)17-12-16-24(4)15-11-14-23(2)3/h23-25,28,36H,10-22H2,1-9H3,(H,37,38)/t24?,25?,28-,34?/m0/s1. The van der Waals surface area contributed by atoms with E-state index in [9.17, 15) is 15.0 Å². The largest absolute Gasteiger partial charge is 0.507 e. The zero-order valence-corrected chi connectivity index (χ0v) is 26.7. The molecule has 3 unspecified atom stereocenters. The Morgan fingerprint density at radius 3 is 2.05 bits per heavy atom. The van der Waals surface area contributed by atoms with E-state index in [4.69, 9.17) is 4.74 Å². The van der Waals surface area contributed by atoms with Gasteiger partial charge >= 0.3 is 5.97 Å². The lowest BCUT2D eigenvalue weighted by molar-refractivity contribution is -0.142. The van der Waals surface area contributed by atoms with E-state index in [0.717, 1.165) is 65.0 Å². The number of ether oxygens (including phenoxy) is 1. The Labute approximate surface area is 239 Å². The second-order valence-electron chi connectivity index (χ2n) is 13.4. The number of rotatable bonds is 17. The molecule has 39 heavy (non-hydrogen) atoms. The number of hydrogen-bond donors (Lipinski definition) is 2. The molecular formula is C34H59NO4. The van der Waals surface area contributed by atoms with Gasteiger partial charge in [0.1, 0.15) is 23.1 Å². The molecule has 5 nitrogen and oxygen atoms in total. The molecule has 5 heteroatoms. The van der Waals surface area contributed by atoms with Crippen molar-refractivity contribution in [2.75, 3.05) is 6.54 Å². The molecule has 2 rings (SSSR count). The molecule has 0 spiro atoms. The maximum Gasteiger partial charge on any atom is 0.320 e. The summed E-state index contributed by atoms with van der Waals surface area (Å²) >= 11 is 0. The number of fused-ring (bicyclic) bond motifs is 1. The number of likely N-dealkylation sites (N-methyl/N-ethyl adjacent to an activating group) is 1. The van der Waals surface area contributed by atoms with E-state index in [-0.39, 0.29) is 11.4 Å². The van der Waals surface area contributed by atoms with Gasteiger partial charge in [0.25, 0.3) is 0 Å². The van der Waals surface area contributed by atoms with Gasteiger partial charge in [-0.1, -0.05) is 79.6 Å². The lowest BCUT2D eigenvalue weighted by Gasteiger charge is -2.39. The summed E-state index contributed by atoms with van der Waals surface area (Å²) in [6, 6.07) is -0.614. The summed E-state index contributed by atoms with van der Waals surface area (Å²) in [5.74, 6) is 2.77. The van der Waals surface area contributed by atoms with Crippen LogP contribution in [0.5, 0.6) is 11.5 Å². The van der Waals surface area contributed by atoms with Crippen molar-refractivity contribution in [3.8, 4) is 11.5 Å². The molecule has 0 aliphatic carbocycles. The fraction of sp³-hybridized carbons (Fsp3) is 0.794. The lowest BCUT2D eigenvalue weighted by Crippen LogP contribution is -2.40. The first-order valence-electron chi connectivity index (χ1n) is 15.8. The van der Waals surface area contributed by atoms with E-state index in [1.807, 2.05) is 25.7 Å². The summed E-state index contributed by atoms with van der Waals surface area (Å²) in [5.41, 5.74) is 3.51. The summed E-state index contributed by atoms with van der Waals surface area (Å²) in [4.78, 5) is 13.5. The molecule has 0 radical (unpaired) electrons. The van der Waals surface area contributed by atoms with Gasteiger partial charge in [-0.3, -0.25) is 9.69 Å². The molecule has 0 bridgehead atoms. The second kappa shape index (κ2) is 15.3. The number of carbonyl (C=O) groups is 1. The zero-order valence-electron chi connectivity index (χ0n) is 26.7. The third kappa shape index (κ3) is 9.69. The van der Waals surface area contributed by atoms with Gasteiger partial charge in [-0.25, -0.2) is 0 Å². The van der Waals surface area contributed by atoms with E-state index in [1.165, 1.54) is 51.4 Å². The Morgan fingerprint density at radius 1 is 0.949 bits per heavy atom. The molecule has 2 N–H and O–H groups in total. The van der Waals surface area contributed by atoms with Crippen molar-refractivity contribution < 1.29 is 19.7 Å². The Morgan fingerprint density at radius 2 is 1.51 bits per heavy atom. The van der Waals surface area contributed by atoms with Crippen molar-refractivity contribution in [1.29, 1.82) is 0 Å². The number of phenols is 1. The van der Waals surface area contributed by atoms with Crippen molar-refractivity contribution in [3.05, 3.63) is 22.3 Å². The summed E-state index contributed by atoms with van der Waals surface area (Å²) < 4.78 is 6.75. The molecule has 1 heterocycles. The van der Waals surface area contributed by atoms with E-state index >= 15 is 0 Å². The Hall–Kier alpha value is -1.75. The first-order valence-corrected chi connectivity index (χ1v) is 15.8. The highest BCUT2D eigenvalue weighted by Crippen LogP contribution is 2.45. The maximum atomic E-state index is 11.6. The van der Waals surface area contributed by atoms with Crippen molar-refractivity contribution in [3.63, 3.8) is 0 Å². The van der Waals surface area contributed by atoms with Crippen LogP contribution in [0.1, 0.15) is 135 Å². The normalized spacial score (nSPS) is 19.6. The first-order chi connectivity index (χ1) is 18.3. The van der Waals surface area contributed by atoms with Crippen LogP contribution in [0.25, 0.3) is 0 Å². The third-order valence-electron chi connectivity index (χ3n) is 9.38. The monoisotopic (exact) mass is 545 g/mol. The summed E-state index contributed by atoms with van der Waals surface area (Å²) in [5, 5.41) is 20.6. The van der Waals surface area contributed by atoms with Crippen molar-refractivity contribution >= 4 is 5.97 Å². The summed E-state index contributed by atoms with van der Waals surface area (Å²) in [6.45, 7) is 20.4. The molecule has 0 saturated heterocycles. The van der Waals surface area contributed by atoms with E-state index < -0.39 is 12.0 Å². The van der Waals surface area contributed by atoms with E-state index in [1.54, 1.807) is 6.92 Å². The van der Waals surface area contributed by atoms with Crippen LogP contribution in [-0.2, 0) is 17.8 Å². The lowest BCUT2D eigenvalue weighted by atomic mass is 9.83. The highest BCUT2D eigenvalue weighted by molar-refractivity contribution is 5.73. The van der Waals surface area contributed by atoms with Gasteiger partial charge in [0, 0.05) is 17.7 Å². The molecule has 0 fully saturated rings. The van der Waals surface area contributed by atoms with Gasteiger partial charge in [0.05, 0.1) is 0 Å². The molecule has 1 aliphatic heterocycles. The fourth-order valence-electron chi connectivity index (χ4n) is 6.20. The smallest absolute Gasteiger partial charge is 0.320 e. The van der Waals surface area contributed by atoms with Crippen molar-refractivity contribution in [2.24, 2.45) is 17.8 Å². The number of aromatic hydroxyl groups is 1. The van der Waals surface area contributed by atoms with Crippen LogP contribution in [0.3, 0.4) is 0 Å². The quantitative estimate of drug-likeness (QED) is 0.205. The van der Waals surface area contributed by atoms with Gasteiger partial charge in [0.15, 0.2) is 0 Å². The topological polar surface area (TPSA) is 70.0 Å². The number of phenolic OH excluding ortho intramolecular Hbond substituents is 1. The summed E-state index contributed by atoms with van der Waals surface area (Å²) in [7, 11) is 0. The predicted octanol–water partition coefficient (Wildman–Crippen LogP) is 8.83. The van der Waals surface area contributed by atoms with Gasteiger partial charge in [-0.15, -0.1) is 0 Å². The van der Waals surface area contributed by atoms with Crippen LogP contribution < -0.4 is 4.74 Å². The highest BCUT2D eigenvalue weighted by atomic mass is 16.5. The molecule has 4 atom stereocenters. The van der Waals surface area contributed by atoms with Gasteiger partial charge < -0.3 is 14.9 Å². The second-order valence-corrected chi connectivity index (χ2v) is 13.4. The Bertz CT molecular complexity index is 927. The minimum absolute atomic E-state index is 0.206. The Kier molecular flexibility index (Phi) is 13.1. The summed E-state index contributed by atoms with van der Waals surface area (Å²) in [6.07, 6.45) is 13.3. The maximum absolute atomic E-state index is 11.6. The molecular weight excluding hydrogens is 486 g/mol. The van der Waals surface area contributed by atoms with Crippen molar-refractivity contribution in [1.82, 2.24) is 4.90 Å². The number of carboxylic acid groups (broad SMARTS) is 1. The SMILES string of the molecule is CCN(Cc1c(O)c(C)c(C)c2c1CCC(C)(CCCC(C)CCCC(C)CCCC(C)C)O2)[C@@H](C)C(=O)O.